The second-order valence-electron chi connectivity index (χ2n) is 8.38. The number of pyridine rings is 1. The predicted molar refractivity (Wildman–Crippen MR) is 114 cm³/mol. The Balaban J connectivity index is 2.47. The second kappa shape index (κ2) is 9.85. The first-order valence-electron chi connectivity index (χ1n) is 10.5. The fourth-order valence-electron chi connectivity index (χ4n) is 3.05. The highest BCUT2D eigenvalue weighted by Gasteiger charge is 2.30. The number of hydrogen-bond donors (Lipinski definition) is 0. The quantitative estimate of drug-likeness (QED) is 0.559. The first kappa shape index (κ1) is 22.8. The van der Waals surface area contributed by atoms with Crippen LogP contribution in [0.2, 0.25) is 0 Å². The van der Waals surface area contributed by atoms with E-state index in [-0.39, 0.29) is 24.1 Å². The third-order valence-electron chi connectivity index (χ3n) is 4.87. The average molecular weight is 403 g/mol. The molecule has 0 saturated heterocycles. The van der Waals surface area contributed by atoms with Crippen molar-refractivity contribution in [3.8, 4) is 5.88 Å². The maximum Gasteiger partial charge on any atom is 0.242 e. The molecule has 0 aliphatic carbocycles. The minimum Gasteiger partial charge on any atom is -0.481 e. The van der Waals surface area contributed by atoms with Crippen LogP contribution in [-0.4, -0.2) is 51.3 Å². The van der Waals surface area contributed by atoms with E-state index in [9.17, 15) is 9.59 Å². The summed E-state index contributed by atoms with van der Waals surface area (Å²) in [6.07, 6.45) is 3.97. The van der Waals surface area contributed by atoms with Gasteiger partial charge in [0.2, 0.25) is 17.6 Å². The lowest BCUT2D eigenvalue weighted by Crippen LogP contribution is -2.36. The first-order valence-corrected chi connectivity index (χ1v) is 10.5. The number of rotatable bonds is 10. The van der Waals surface area contributed by atoms with Crippen LogP contribution in [0.1, 0.15) is 70.9 Å². The standard InChI is InChI=1S/C22H34N4O3/c1-7-9-13-25(14-10-8-2)18(27)15-26-20-16(11-12-17(24-20)29-6)23-21(26)19(28)22(3,4)5/h11-12H,7-10,13-15H2,1-6H3. The van der Waals surface area contributed by atoms with E-state index in [0.29, 0.717) is 17.0 Å². The summed E-state index contributed by atoms with van der Waals surface area (Å²) in [5, 5.41) is 0. The van der Waals surface area contributed by atoms with E-state index in [0.717, 1.165) is 38.8 Å². The molecule has 7 heteroatoms. The van der Waals surface area contributed by atoms with Crippen LogP contribution in [0.25, 0.3) is 11.2 Å². The Labute approximate surface area is 173 Å². The van der Waals surface area contributed by atoms with Gasteiger partial charge in [-0.2, -0.15) is 4.98 Å². The number of unbranched alkanes of at least 4 members (excludes halogenated alkanes) is 2. The zero-order valence-corrected chi connectivity index (χ0v) is 18.6. The molecular formula is C22H34N4O3. The van der Waals surface area contributed by atoms with E-state index in [1.807, 2.05) is 25.7 Å². The molecule has 0 saturated carbocycles. The zero-order valence-electron chi connectivity index (χ0n) is 18.6. The molecule has 29 heavy (non-hydrogen) atoms. The summed E-state index contributed by atoms with van der Waals surface area (Å²) in [5.74, 6) is 0.567. The molecular weight excluding hydrogens is 368 g/mol. The highest BCUT2D eigenvalue weighted by Crippen LogP contribution is 2.25. The van der Waals surface area contributed by atoms with Crippen LogP contribution in [0.3, 0.4) is 0 Å². The Kier molecular flexibility index (Phi) is 7.76. The number of aromatic nitrogens is 3. The Hall–Kier alpha value is -2.44. The van der Waals surface area contributed by atoms with Crippen molar-refractivity contribution in [1.29, 1.82) is 0 Å². The lowest BCUT2D eigenvalue weighted by atomic mass is 9.90. The lowest BCUT2D eigenvalue weighted by molar-refractivity contribution is -0.132. The largest absolute Gasteiger partial charge is 0.481 e. The highest BCUT2D eigenvalue weighted by atomic mass is 16.5. The Morgan fingerprint density at radius 3 is 2.21 bits per heavy atom. The first-order chi connectivity index (χ1) is 13.7. The summed E-state index contributed by atoms with van der Waals surface area (Å²) < 4.78 is 6.89. The van der Waals surface area contributed by atoms with Crippen LogP contribution in [0, 0.1) is 5.41 Å². The molecule has 0 spiro atoms. The topological polar surface area (TPSA) is 77.3 Å². The summed E-state index contributed by atoms with van der Waals surface area (Å²) in [7, 11) is 1.54. The van der Waals surface area contributed by atoms with E-state index >= 15 is 0 Å². The molecule has 0 radical (unpaired) electrons. The Morgan fingerprint density at radius 2 is 1.69 bits per heavy atom. The van der Waals surface area contributed by atoms with Crippen LogP contribution in [-0.2, 0) is 11.3 Å². The number of amides is 1. The molecule has 2 aromatic heterocycles. The van der Waals surface area contributed by atoms with Gasteiger partial charge in [0.25, 0.3) is 0 Å². The van der Waals surface area contributed by atoms with Crippen LogP contribution < -0.4 is 4.74 Å². The highest BCUT2D eigenvalue weighted by molar-refractivity contribution is 5.99. The van der Waals surface area contributed by atoms with Crippen molar-refractivity contribution in [3.63, 3.8) is 0 Å². The number of fused-ring (bicyclic) bond motifs is 1. The van der Waals surface area contributed by atoms with Crippen LogP contribution in [0.4, 0.5) is 0 Å². The molecule has 0 unspecified atom stereocenters. The van der Waals surface area contributed by atoms with Gasteiger partial charge in [0.05, 0.1) is 7.11 Å². The lowest BCUT2D eigenvalue weighted by Gasteiger charge is -2.24. The van der Waals surface area contributed by atoms with E-state index in [4.69, 9.17) is 4.74 Å². The molecule has 0 aromatic carbocycles. The maximum absolute atomic E-state index is 13.2. The normalized spacial score (nSPS) is 11.7. The minimum absolute atomic E-state index is 0.0150. The molecule has 0 fully saturated rings. The van der Waals surface area contributed by atoms with Crippen molar-refractivity contribution in [2.45, 2.75) is 66.8 Å². The molecule has 7 nitrogen and oxygen atoms in total. The van der Waals surface area contributed by atoms with Crippen LogP contribution >= 0.6 is 0 Å². The molecule has 1 amide bonds. The number of carbonyl (C=O) groups is 2. The van der Waals surface area contributed by atoms with Gasteiger partial charge in [-0.25, -0.2) is 4.98 Å². The van der Waals surface area contributed by atoms with Crippen LogP contribution in [0.15, 0.2) is 12.1 Å². The molecule has 2 rings (SSSR count). The summed E-state index contributed by atoms with van der Waals surface area (Å²) in [6, 6.07) is 3.48. The number of Topliss-reactive ketones (excluding diaryl/α,β-unsaturated/α-hetero) is 1. The third kappa shape index (κ3) is 5.55. The van der Waals surface area contributed by atoms with E-state index < -0.39 is 5.41 Å². The Morgan fingerprint density at radius 1 is 1.07 bits per heavy atom. The molecule has 2 heterocycles. The van der Waals surface area contributed by atoms with E-state index in [2.05, 4.69) is 23.8 Å². The zero-order chi connectivity index (χ0) is 21.6. The fraction of sp³-hybridized carbons (Fsp3) is 0.636. The van der Waals surface area contributed by atoms with Gasteiger partial charge in [-0.1, -0.05) is 47.5 Å². The number of methoxy groups -OCH3 is 1. The van der Waals surface area contributed by atoms with Crippen molar-refractivity contribution in [3.05, 3.63) is 18.0 Å². The molecule has 160 valence electrons. The average Bonchev–Trinajstić information content (AvgIpc) is 3.03. The number of nitrogens with zero attached hydrogens (tertiary/aromatic N) is 4. The number of hydrogen-bond acceptors (Lipinski definition) is 5. The van der Waals surface area contributed by atoms with Gasteiger partial charge in [-0.3, -0.25) is 14.2 Å². The minimum atomic E-state index is -0.615. The number of ether oxygens (including phenoxy) is 1. The fourth-order valence-corrected chi connectivity index (χ4v) is 3.05. The van der Waals surface area contributed by atoms with Crippen molar-refractivity contribution < 1.29 is 14.3 Å². The SMILES string of the molecule is CCCCN(CCCC)C(=O)Cn1c(C(=O)C(C)(C)C)nc2ccc(OC)nc21. The molecule has 2 aromatic rings. The molecule has 0 bridgehead atoms. The van der Waals surface area contributed by atoms with Crippen LogP contribution in [0.5, 0.6) is 5.88 Å². The van der Waals surface area contributed by atoms with Crippen molar-refractivity contribution in [1.82, 2.24) is 19.4 Å². The molecule has 0 atom stereocenters. The predicted octanol–water partition coefficient (Wildman–Crippen LogP) is 4.10. The third-order valence-corrected chi connectivity index (χ3v) is 4.87. The summed E-state index contributed by atoms with van der Waals surface area (Å²) >= 11 is 0. The molecule has 0 N–H and O–H groups in total. The van der Waals surface area contributed by atoms with Gasteiger partial charge in [0, 0.05) is 24.6 Å². The number of ketones is 1. The second-order valence-corrected chi connectivity index (χ2v) is 8.38. The van der Waals surface area contributed by atoms with Crippen molar-refractivity contribution in [2.75, 3.05) is 20.2 Å². The van der Waals surface area contributed by atoms with Gasteiger partial charge in [0.1, 0.15) is 12.1 Å². The van der Waals surface area contributed by atoms with Gasteiger partial charge in [-0.15, -0.1) is 0 Å². The molecule has 0 aliphatic heterocycles. The summed E-state index contributed by atoms with van der Waals surface area (Å²) in [5.41, 5.74) is 0.465. The summed E-state index contributed by atoms with van der Waals surface area (Å²) in [4.78, 5) is 37.1. The van der Waals surface area contributed by atoms with Crippen molar-refractivity contribution in [2.24, 2.45) is 5.41 Å². The summed E-state index contributed by atoms with van der Waals surface area (Å²) in [6.45, 7) is 11.3. The number of imidazole rings is 1. The smallest absolute Gasteiger partial charge is 0.242 e. The van der Waals surface area contributed by atoms with Crippen molar-refractivity contribution >= 4 is 22.9 Å². The monoisotopic (exact) mass is 402 g/mol. The maximum atomic E-state index is 13.2. The van der Waals surface area contributed by atoms with Gasteiger partial charge in [-0.05, 0) is 18.9 Å². The van der Waals surface area contributed by atoms with E-state index in [1.54, 1.807) is 23.8 Å². The van der Waals surface area contributed by atoms with Gasteiger partial charge >= 0.3 is 0 Å². The number of carbonyl (C=O) groups excluding carboxylic acids is 2. The molecule has 0 aliphatic rings. The van der Waals surface area contributed by atoms with Gasteiger partial charge in [0.15, 0.2) is 11.5 Å². The van der Waals surface area contributed by atoms with Gasteiger partial charge < -0.3 is 9.64 Å². The Bertz CT molecular complexity index is 844. The van der Waals surface area contributed by atoms with E-state index in [1.165, 1.54) is 0 Å².